The van der Waals surface area contributed by atoms with Crippen molar-refractivity contribution in [2.75, 3.05) is 11.9 Å². The molecule has 0 bridgehead atoms. The Morgan fingerprint density at radius 2 is 1.88 bits per heavy atom. The fourth-order valence-corrected chi connectivity index (χ4v) is 3.06. The molecule has 1 aromatic heterocycles. The molecule has 2 aromatic carbocycles. The summed E-state index contributed by atoms with van der Waals surface area (Å²) in [6.45, 7) is 8.67. The SMILES string of the molecule is CCCOC(=O)c1cccc(Nc2cc(C)c3cc(C)cc(C)c3n2)c1. The molecule has 134 valence electrons. The number of rotatable bonds is 5. The summed E-state index contributed by atoms with van der Waals surface area (Å²) < 4.78 is 5.20. The van der Waals surface area contributed by atoms with E-state index in [2.05, 4.69) is 38.2 Å². The number of aromatic nitrogens is 1. The van der Waals surface area contributed by atoms with Gasteiger partial charge in [-0.2, -0.15) is 0 Å². The number of nitrogens with one attached hydrogen (secondary N) is 1. The van der Waals surface area contributed by atoms with Gasteiger partial charge in [0.15, 0.2) is 0 Å². The van der Waals surface area contributed by atoms with Gasteiger partial charge >= 0.3 is 5.97 Å². The summed E-state index contributed by atoms with van der Waals surface area (Å²) in [6, 6.07) is 13.6. The summed E-state index contributed by atoms with van der Waals surface area (Å²) in [5, 5.41) is 4.48. The van der Waals surface area contributed by atoms with Crippen LogP contribution in [0.3, 0.4) is 0 Å². The molecule has 0 aliphatic carbocycles. The molecule has 0 aliphatic heterocycles. The van der Waals surface area contributed by atoms with E-state index in [1.807, 2.05) is 25.1 Å². The molecule has 4 heteroatoms. The molecule has 1 heterocycles. The summed E-state index contributed by atoms with van der Waals surface area (Å²) >= 11 is 0. The van der Waals surface area contributed by atoms with E-state index in [-0.39, 0.29) is 5.97 Å². The second kappa shape index (κ2) is 7.56. The first-order valence-electron chi connectivity index (χ1n) is 8.90. The maximum atomic E-state index is 12.0. The number of fused-ring (bicyclic) bond motifs is 1. The van der Waals surface area contributed by atoms with Gasteiger partial charge in [-0.3, -0.25) is 0 Å². The first-order chi connectivity index (χ1) is 12.5. The average Bonchev–Trinajstić information content (AvgIpc) is 2.61. The molecule has 0 unspecified atom stereocenters. The van der Waals surface area contributed by atoms with Crippen molar-refractivity contribution in [3.05, 3.63) is 64.7 Å². The lowest BCUT2D eigenvalue weighted by Gasteiger charge is -2.12. The number of esters is 1. The maximum absolute atomic E-state index is 12.0. The van der Waals surface area contributed by atoms with Gasteiger partial charge in [0, 0.05) is 11.1 Å². The monoisotopic (exact) mass is 348 g/mol. The van der Waals surface area contributed by atoms with E-state index >= 15 is 0 Å². The summed E-state index contributed by atoms with van der Waals surface area (Å²) in [5.74, 6) is 0.463. The number of carbonyl (C=O) groups excluding carboxylic acids is 1. The molecule has 0 aliphatic rings. The van der Waals surface area contributed by atoms with Gasteiger partial charge in [0.25, 0.3) is 0 Å². The van der Waals surface area contributed by atoms with Crippen LogP contribution in [0, 0.1) is 20.8 Å². The highest BCUT2D eigenvalue weighted by Gasteiger charge is 2.09. The number of benzene rings is 2. The number of pyridine rings is 1. The van der Waals surface area contributed by atoms with Crippen LogP contribution in [0.4, 0.5) is 11.5 Å². The number of anilines is 2. The van der Waals surface area contributed by atoms with Crippen molar-refractivity contribution in [2.45, 2.75) is 34.1 Å². The van der Waals surface area contributed by atoms with Crippen molar-refractivity contribution in [2.24, 2.45) is 0 Å². The molecule has 0 spiro atoms. The molecule has 0 amide bonds. The molecule has 0 fully saturated rings. The molecule has 1 N–H and O–H groups in total. The van der Waals surface area contributed by atoms with Gasteiger partial charge in [0.05, 0.1) is 17.7 Å². The predicted molar refractivity (Wildman–Crippen MR) is 106 cm³/mol. The zero-order valence-corrected chi connectivity index (χ0v) is 15.7. The van der Waals surface area contributed by atoms with Crippen LogP contribution in [-0.2, 0) is 4.74 Å². The third-order valence-corrected chi connectivity index (χ3v) is 4.26. The molecular weight excluding hydrogens is 324 g/mol. The molecular formula is C22H24N2O2. The molecule has 3 rings (SSSR count). The van der Waals surface area contributed by atoms with Crippen LogP contribution in [0.5, 0.6) is 0 Å². The second-order valence-electron chi connectivity index (χ2n) is 6.64. The molecule has 0 radical (unpaired) electrons. The van der Waals surface area contributed by atoms with Crippen LogP contribution in [0.2, 0.25) is 0 Å². The van der Waals surface area contributed by atoms with Gasteiger partial charge in [-0.25, -0.2) is 9.78 Å². The zero-order valence-electron chi connectivity index (χ0n) is 15.7. The summed E-state index contributed by atoms with van der Waals surface area (Å²) in [4.78, 5) is 16.8. The second-order valence-corrected chi connectivity index (χ2v) is 6.64. The molecule has 0 saturated carbocycles. The van der Waals surface area contributed by atoms with Crippen molar-refractivity contribution in [3.63, 3.8) is 0 Å². The quantitative estimate of drug-likeness (QED) is 0.621. The number of aryl methyl sites for hydroxylation is 3. The number of carbonyl (C=O) groups is 1. The van der Waals surface area contributed by atoms with Crippen molar-refractivity contribution < 1.29 is 9.53 Å². The van der Waals surface area contributed by atoms with Gasteiger partial charge < -0.3 is 10.1 Å². The highest BCUT2D eigenvalue weighted by molar-refractivity contribution is 5.91. The Morgan fingerprint density at radius 3 is 2.65 bits per heavy atom. The predicted octanol–water partition coefficient (Wildman–Crippen LogP) is 5.47. The van der Waals surface area contributed by atoms with Gasteiger partial charge in [-0.15, -0.1) is 0 Å². The summed E-state index contributed by atoms with van der Waals surface area (Å²) in [7, 11) is 0. The number of nitrogens with zero attached hydrogens (tertiary/aromatic N) is 1. The Hall–Kier alpha value is -2.88. The van der Waals surface area contributed by atoms with Crippen LogP contribution in [0.25, 0.3) is 10.9 Å². The van der Waals surface area contributed by atoms with E-state index in [1.54, 1.807) is 12.1 Å². The third kappa shape index (κ3) is 3.85. The van der Waals surface area contributed by atoms with E-state index in [9.17, 15) is 4.79 Å². The van der Waals surface area contributed by atoms with Crippen LogP contribution in [-0.4, -0.2) is 17.6 Å². The van der Waals surface area contributed by atoms with Crippen LogP contribution < -0.4 is 5.32 Å². The van der Waals surface area contributed by atoms with E-state index in [0.717, 1.165) is 29.0 Å². The van der Waals surface area contributed by atoms with Gasteiger partial charge in [0.1, 0.15) is 5.82 Å². The fraction of sp³-hybridized carbons (Fsp3) is 0.273. The highest BCUT2D eigenvalue weighted by atomic mass is 16.5. The van der Waals surface area contributed by atoms with Crippen LogP contribution >= 0.6 is 0 Å². The van der Waals surface area contributed by atoms with Crippen molar-refractivity contribution >= 4 is 28.4 Å². The maximum Gasteiger partial charge on any atom is 0.338 e. The van der Waals surface area contributed by atoms with Crippen molar-refractivity contribution in [3.8, 4) is 0 Å². The Balaban J connectivity index is 1.91. The van der Waals surface area contributed by atoms with Gasteiger partial charge in [-0.05, 0) is 68.7 Å². The van der Waals surface area contributed by atoms with E-state index < -0.39 is 0 Å². The number of hydrogen-bond acceptors (Lipinski definition) is 4. The van der Waals surface area contributed by atoms with Crippen molar-refractivity contribution in [1.82, 2.24) is 4.98 Å². The zero-order chi connectivity index (χ0) is 18.7. The smallest absolute Gasteiger partial charge is 0.338 e. The highest BCUT2D eigenvalue weighted by Crippen LogP contribution is 2.26. The summed E-state index contributed by atoms with van der Waals surface area (Å²) in [5.41, 5.74) is 5.90. The minimum absolute atomic E-state index is 0.301. The topological polar surface area (TPSA) is 51.2 Å². The minimum atomic E-state index is -0.301. The van der Waals surface area contributed by atoms with Gasteiger partial charge in [0.2, 0.25) is 0 Å². The first kappa shape index (κ1) is 17.9. The molecule has 0 saturated heterocycles. The third-order valence-electron chi connectivity index (χ3n) is 4.26. The lowest BCUT2D eigenvalue weighted by molar-refractivity contribution is 0.0505. The molecule has 26 heavy (non-hydrogen) atoms. The Morgan fingerprint density at radius 1 is 1.08 bits per heavy atom. The Labute approximate surface area is 154 Å². The van der Waals surface area contributed by atoms with Crippen LogP contribution in [0.1, 0.15) is 40.4 Å². The fourth-order valence-electron chi connectivity index (χ4n) is 3.06. The largest absolute Gasteiger partial charge is 0.462 e. The lowest BCUT2D eigenvalue weighted by atomic mass is 10.0. The van der Waals surface area contributed by atoms with E-state index in [0.29, 0.717) is 12.2 Å². The van der Waals surface area contributed by atoms with E-state index in [1.165, 1.54) is 16.5 Å². The number of ether oxygens (including phenoxy) is 1. The molecule has 4 nitrogen and oxygen atoms in total. The molecule has 0 atom stereocenters. The standard InChI is InChI=1S/C22H24N2O2/c1-5-9-26-22(25)17-7-6-8-18(13-17)23-20-12-15(3)19-11-14(2)10-16(4)21(19)24-20/h6-8,10-13H,5,9H2,1-4H3,(H,23,24). The normalized spacial score (nSPS) is 10.8. The summed E-state index contributed by atoms with van der Waals surface area (Å²) in [6.07, 6.45) is 0.808. The van der Waals surface area contributed by atoms with Crippen LogP contribution in [0.15, 0.2) is 42.5 Å². The average molecular weight is 348 g/mol. The Kier molecular flexibility index (Phi) is 5.21. The first-order valence-corrected chi connectivity index (χ1v) is 8.90. The number of hydrogen-bond donors (Lipinski definition) is 1. The minimum Gasteiger partial charge on any atom is -0.462 e. The van der Waals surface area contributed by atoms with E-state index in [4.69, 9.17) is 9.72 Å². The van der Waals surface area contributed by atoms with Crippen molar-refractivity contribution in [1.29, 1.82) is 0 Å². The Bertz CT molecular complexity index is 964. The molecule has 3 aromatic rings. The lowest BCUT2D eigenvalue weighted by Crippen LogP contribution is -2.06. The van der Waals surface area contributed by atoms with Gasteiger partial charge in [-0.1, -0.05) is 24.6 Å².